The average molecular weight is 997 g/mol. The van der Waals surface area contributed by atoms with E-state index in [1.807, 2.05) is 80.2 Å². The molecule has 377 valence electrons. The third-order valence-corrected chi connectivity index (χ3v) is 14.9. The number of fused-ring (bicyclic) bond motifs is 1. The molecule has 3 fully saturated rings. The number of aromatic nitrogens is 3. The second-order valence-corrected chi connectivity index (χ2v) is 21.0. The van der Waals surface area contributed by atoms with E-state index in [1.165, 1.54) is 24.3 Å². The maximum absolute atomic E-state index is 14.2. The van der Waals surface area contributed by atoms with Gasteiger partial charge in [0.2, 0.25) is 25.0 Å². The van der Waals surface area contributed by atoms with Gasteiger partial charge in [0.25, 0.3) is 5.91 Å². The average Bonchev–Trinajstić information content (AvgIpc) is 4.07. The fourth-order valence-electron chi connectivity index (χ4n) is 9.88. The number of halogens is 3. The molecule has 4 amide bonds. The van der Waals surface area contributed by atoms with Crippen molar-refractivity contribution in [3.63, 3.8) is 0 Å². The van der Waals surface area contributed by atoms with Crippen LogP contribution in [0.15, 0.2) is 72.2 Å². The van der Waals surface area contributed by atoms with Crippen molar-refractivity contribution in [1.82, 2.24) is 39.9 Å². The Kier molecular flexibility index (Phi) is 16.0. The number of rotatable bonds is 15. The van der Waals surface area contributed by atoms with E-state index in [4.69, 9.17) is 4.98 Å². The molecule has 20 heteroatoms. The van der Waals surface area contributed by atoms with Gasteiger partial charge in [-0.15, -0.1) is 11.3 Å². The quantitative estimate of drug-likeness (QED) is 0.0713. The molecular formula is C51H62BF3N9O6S. The lowest BCUT2D eigenvalue weighted by molar-refractivity contribution is -0.142. The molecule has 8 rings (SSSR count). The number of piperazine rings is 1. The third kappa shape index (κ3) is 12.5. The number of alkyl halides is 3. The van der Waals surface area contributed by atoms with Gasteiger partial charge < -0.3 is 35.2 Å². The van der Waals surface area contributed by atoms with Crippen molar-refractivity contribution in [3.05, 3.63) is 100 Å². The van der Waals surface area contributed by atoms with Gasteiger partial charge in [0.1, 0.15) is 12.1 Å². The molecule has 3 aliphatic rings. The maximum Gasteiger partial charge on any atom is 0.416 e. The van der Waals surface area contributed by atoms with Gasteiger partial charge in [-0.05, 0) is 97.4 Å². The summed E-state index contributed by atoms with van der Waals surface area (Å²) in [6.45, 7) is 11.3. The van der Waals surface area contributed by atoms with Crippen molar-refractivity contribution in [2.45, 2.75) is 103 Å². The van der Waals surface area contributed by atoms with Crippen LogP contribution in [0.2, 0.25) is 0 Å². The number of carbonyl (C=O) groups excluding carboxylic acids is 4. The summed E-state index contributed by atoms with van der Waals surface area (Å²) in [6.07, 6.45) is -1.94. The number of carbonyl (C=O) groups is 4. The number of likely N-dealkylation sites (tertiary alicyclic amines) is 1. The first-order chi connectivity index (χ1) is 33.8. The summed E-state index contributed by atoms with van der Waals surface area (Å²) >= 11 is 1.57. The number of thiazole rings is 1. The van der Waals surface area contributed by atoms with E-state index in [0.717, 1.165) is 83.7 Å². The molecule has 4 heterocycles. The number of benzene rings is 3. The third-order valence-electron chi connectivity index (χ3n) is 14.0. The number of aliphatic hydroxyl groups is 2. The van der Waals surface area contributed by atoms with E-state index in [1.54, 1.807) is 11.3 Å². The Morgan fingerprint density at radius 2 is 1.62 bits per heavy atom. The molecule has 71 heavy (non-hydrogen) atoms. The highest BCUT2D eigenvalue weighted by Crippen LogP contribution is 2.38. The maximum atomic E-state index is 14.2. The number of β-amino-alcohol motifs (C(OH)–C–C–N with tert-alkyl or cyclic N) is 1. The molecule has 1 saturated carbocycles. The lowest BCUT2D eigenvalue weighted by Crippen LogP contribution is -2.58. The summed E-state index contributed by atoms with van der Waals surface area (Å²) in [5.41, 5.74) is 5.39. The number of hydrogen-bond acceptors (Lipinski definition) is 11. The number of nitrogens with zero attached hydrogens (tertiary/aromatic N) is 6. The lowest BCUT2D eigenvalue weighted by Gasteiger charge is -2.36. The van der Waals surface area contributed by atoms with Crippen molar-refractivity contribution in [1.29, 1.82) is 0 Å². The highest BCUT2D eigenvalue weighted by Gasteiger charge is 2.44. The highest BCUT2D eigenvalue weighted by molar-refractivity contribution is 7.13. The van der Waals surface area contributed by atoms with Crippen molar-refractivity contribution in [2.75, 3.05) is 51.1 Å². The van der Waals surface area contributed by atoms with E-state index in [0.29, 0.717) is 31.6 Å². The zero-order chi connectivity index (χ0) is 50.6. The lowest BCUT2D eigenvalue weighted by atomic mass is 9.75. The van der Waals surface area contributed by atoms with Crippen LogP contribution in [0.4, 0.5) is 23.9 Å². The van der Waals surface area contributed by atoms with Gasteiger partial charge >= 0.3 is 6.18 Å². The van der Waals surface area contributed by atoms with Gasteiger partial charge in [0.05, 0.1) is 38.8 Å². The first kappa shape index (κ1) is 51.7. The van der Waals surface area contributed by atoms with Gasteiger partial charge in [-0.1, -0.05) is 57.2 Å². The molecule has 3 atom stereocenters. The van der Waals surface area contributed by atoms with Crippen molar-refractivity contribution in [2.24, 2.45) is 11.3 Å². The van der Waals surface area contributed by atoms with E-state index in [-0.39, 0.29) is 55.5 Å². The Balaban J connectivity index is 0.841. The molecule has 2 saturated heterocycles. The summed E-state index contributed by atoms with van der Waals surface area (Å²) in [5.74, 6) is -1.45. The molecular weight excluding hydrogens is 934 g/mol. The van der Waals surface area contributed by atoms with Crippen LogP contribution in [0, 0.1) is 18.3 Å². The molecule has 5 N–H and O–H groups in total. The SMILES string of the molecule is Cc1ncsc1-c1ccc(CNC(=O)[C@@H]2C[C@@H](O)CN2C(=O)[C@@H](NC(=O)[B]CN2CCN(Cc3ccc4c(c3)nc(NC(=O)c3cccc(C(F)(F)F)c3)n4C3CCC(CO)CC3)CC2)C(C)(C)C)cc1. The summed E-state index contributed by atoms with van der Waals surface area (Å²) in [7, 11) is 1.54. The van der Waals surface area contributed by atoms with E-state index in [9.17, 15) is 42.6 Å². The molecule has 0 spiro atoms. The number of amides is 4. The van der Waals surface area contributed by atoms with E-state index in [2.05, 4.69) is 30.7 Å². The highest BCUT2D eigenvalue weighted by atomic mass is 32.1. The first-order valence-electron chi connectivity index (χ1n) is 24.3. The predicted molar refractivity (Wildman–Crippen MR) is 267 cm³/mol. The second kappa shape index (κ2) is 22.0. The minimum atomic E-state index is -4.60. The largest absolute Gasteiger partial charge is 0.416 e. The standard InChI is InChI=1S/C51H62BF3N9O6S/c1-31-43(71-30-57-31)35-13-8-32(9-14-35)25-56-46(68)42-24-39(66)27-63(42)47(69)44(50(2,3)4)59-48(70)52-29-62-20-18-61(19-21-62)26-34-12-17-41-40(22-34)58-49(64(41)38-15-10-33(28-65)11-16-38)60-45(67)36-6-5-7-37(23-36)51(53,54)55/h5-9,12-14,17,22-23,30,33,38-39,42,44,65-66H,10-11,15-16,18-21,24-29H2,1-4H3,(H,56,68)(H,59,70)(H,58,60,67)/t33?,38?,39-,42+,44-/m1/s1. The Morgan fingerprint density at radius 1 is 0.915 bits per heavy atom. The van der Waals surface area contributed by atoms with Crippen molar-refractivity contribution < 1.29 is 42.6 Å². The number of anilines is 1. The molecule has 0 bridgehead atoms. The molecule has 5 aromatic rings. The minimum Gasteiger partial charge on any atom is -0.396 e. The van der Waals surface area contributed by atoms with E-state index >= 15 is 0 Å². The van der Waals surface area contributed by atoms with Crippen LogP contribution in [0.3, 0.4) is 0 Å². The van der Waals surface area contributed by atoms with Crippen LogP contribution in [0.1, 0.15) is 91.7 Å². The Morgan fingerprint density at radius 3 is 2.28 bits per heavy atom. The van der Waals surface area contributed by atoms with Gasteiger partial charge in [0.15, 0.2) is 5.81 Å². The molecule has 1 aliphatic carbocycles. The topological polar surface area (TPSA) is 185 Å². The van der Waals surface area contributed by atoms with Crippen LogP contribution in [-0.4, -0.2) is 134 Å². The van der Waals surface area contributed by atoms with Crippen LogP contribution < -0.4 is 16.0 Å². The monoisotopic (exact) mass is 996 g/mol. The van der Waals surface area contributed by atoms with Gasteiger partial charge in [-0.25, -0.2) is 9.97 Å². The van der Waals surface area contributed by atoms with Crippen LogP contribution in [-0.2, 0) is 28.9 Å². The minimum absolute atomic E-state index is 0.0219. The number of aryl methyl sites for hydroxylation is 1. The van der Waals surface area contributed by atoms with Gasteiger partial charge in [-0.3, -0.25) is 29.4 Å². The first-order valence-corrected chi connectivity index (χ1v) is 25.2. The smallest absolute Gasteiger partial charge is 0.396 e. The van der Waals surface area contributed by atoms with Crippen LogP contribution in [0.5, 0.6) is 0 Å². The summed E-state index contributed by atoms with van der Waals surface area (Å²) in [5, 5.41) is 29.1. The Labute approximate surface area is 416 Å². The van der Waals surface area contributed by atoms with Crippen LogP contribution >= 0.6 is 11.3 Å². The molecule has 3 aromatic carbocycles. The zero-order valence-corrected chi connectivity index (χ0v) is 41.4. The molecule has 2 aromatic heterocycles. The fourth-order valence-corrected chi connectivity index (χ4v) is 10.7. The Bertz CT molecular complexity index is 2690. The number of nitrogens with one attached hydrogen (secondary N) is 3. The zero-order valence-electron chi connectivity index (χ0n) is 40.5. The van der Waals surface area contributed by atoms with Gasteiger partial charge in [-0.2, -0.15) is 13.2 Å². The fraction of sp³-hybridized carbons (Fsp3) is 0.490. The Hall–Kier alpha value is -5.67. The molecule has 15 nitrogen and oxygen atoms in total. The van der Waals surface area contributed by atoms with Crippen LogP contribution in [0.25, 0.3) is 21.5 Å². The number of imidazole rings is 1. The van der Waals surface area contributed by atoms with Gasteiger partial charge in [0, 0.05) is 70.4 Å². The predicted octanol–water partition coefficient (Wildman–Crippen LogP) is 6.64. The number of aliphatic hydroxyl groups excluding tert-OH is 2. The van der Waals surface area contributed by atoms with Crippen molar-refractivity contribution in [3.8, 4) is 10.4 Å². The summed E-state index contributed by atoms with van der Waals surface area (Å²) in [4.78, 5) is 70.7. The molecule has 1 radical (unpaired) electrons. The summed E-state index contributed by atoms with van der Waals surface area (Å²) in [6, 6.07) is 16.3. The van der Waals surface area contributed by atoms with E-state index < -0.39 is 53.0 Å². The normalized spacial score (nSPS) is 20.7. The summed E-state index contributed by atoms with van der Waals surface area (Å²) < 4.78 is 42.4. The van der Waals surface area contributed by atoms with Crippen molar-refractivity contribution >= 4 is 59.1 Å². The second-order valence-electron chi connectivity index (χ2n) is 20.2. The molecule has 0 unspecified atom stereocenters. The number of hydrogen-bond donors (Lipinski definition) is 5. The molecule has 2 aliphatic heterocycles.